The second kappa shape index (κ2) is 5.79. The van der Waals surface area contributed by atoms with E-state index in [4.69, 9.17) is 11.1 Å². The van der Waals surface area contributed by atoms with Gasteiger partial charge >= 0.3 is 5.97 Å². The molecular formula is C18H20N2O2. The first-order chi connectivity index (χ1) is 10.6. The summed E-state index contributed by atoms with van der Waals surface area (Å²) in [7, 11) is 0. The Bertz CT molecular complexity index is 721. The van der Waals surface area contributed by atoms with Crippen LogP contribution in [-0.4, -0.2) is 16.9 Å². The highest BCUT2D eigenvalue weighted by atomic mass is 16.4. The van der Waals surface area contributed by atoms with Crippen molar-refractivity contribution in [1.82, 2.24) is 0 Å². The first-order valence-corrected chi connectivity index (χ1v) is 7.64. The Hall–Kier alpha value is -2.36. The normalized spacial score (nSPS) is 25.0. The molecular weight excluding hydrogens is 276 g/mol. The quantitative estimate of drug-likeness (QED) is 0.599. The van der Waals surface area contributed by atoms with E-state index in [0.29, 0.717) is 6.42 Å². The van der Waals surface area contributed by atoms with Crippen LogP contribution < -0.4 is 5.73 Å². The SMILES string of the molecule is N=C(N)C1CCCC(c2cccc3ccccc23)C1C(=O)O. The molecule has 1 aliphatic rings. The van der Waals surface area contributed by atoms with Gasteiger partial charge < -0.3 is 10.8 Å². The van der Waals surface area contributed by atoms with E-state index < -0.39 is 11.9 Å². The smallest absolute Gasteiger partial charge is 0.307 e. The lowest BCUT2D eigenvalue weighted by molar-refractivity contribution is -0.144. The number of hydrogen-bond donors (Lipinski definition) is 3. The van der Waals surface area contributed by atoms with Crippen LogP contribution in [0.1, 0.15) is 30.7 Å². The largest absolute Gasteiger partial charge is 0.481 e. The average Bonchev–Trinajstić information content (AvgIpc) is 2.53. The third kappa shape index (κ3) is 2.45. The van der Waals surface area contributed by atoms with Gasteiger partial charge in [-0.2, -0.15) is 0 Å². The van der Waals surface area contributed by atoms with Crippen molar-refractivity contribution in [3.05, 3.63) is 48.0 Å². The first-order valence-electron chi connectivity index (χ1n) is 7.64. The highest BCUT2D eigenvalue weighted by Crippen LogP contribution is 2.43. The lowest BCUT2D eigenvalue weighted by Crippen LogP contribution is -2.40. The fourth-order valence-corrected chi connectivity index (χ4v) is 3.81. The number of amidine groups is 1. The number of carboxylic acid groups (broad SMARTS) is 1. The van der Waals surface area contributed by atoms with Gasteiger partial charge in [0.05, 0.1) is 11.8 Å². The van der Waals surface area contributed by atoms with Gasteiger partial charge in [-0.1, -0.05) is 48.9 Å². The van der Waals surface area contributed by atoms with Crippen LogP contribution in [0, 0.1) is 17.2 Å². The third-order valence-corrected chi connectivity index (χ3v) is 4.80. The Morgan fingerprint density at radius 1 is 1.14 bits per heavy atom. The molecule has 4 heteroatoms. The molecule has 0 spiro atoms. The maximum atomic E-state index is 11.8. The van der Waals surface area contributed by atoms with Crippen molar-refractivity contribution < 1.29 is 9.90 Å². The van der Waals surface area contributed by atoms with Crippen molar-refractivity contribution >= 4 is 22.6 Å². The second-order valence-electron chi connectivity index (χ2n) is 6.03. The summed E-state index contributed by atoms with van der Waals surface area (Å²) in [6, 6.07) is 14.1. The summed E-state index contributed by atoms with van der Waals surface area (Å²) in [4.78, 5) is 11.8. The molecule has 0 radical (unpaired) electrons. The van der Waals surface area contributed by atoms with E-state index in [0.717, 1.165) is 29.2 Å². The van der Waals surface area contributed by atoms with E-state index in [-0.39, 0.29) is 17.7 Å². The Morgan fingerprint density at radius 2 is 1.86 bits per heavy atom. The van der Waals surface area contributed by atoms with Gasteiger partial charge in [0.25, 0.3) is 0 Å². The molecule has 1 aliphatic carbocycles. The molecule has 4 N–H and O–H groups in total. The van der Waals surface area contributed by atoms with Crippen molar-refractivity contribution in [2.24, 2.45) is 17.6 Å². The maximum Gasteiger partial charge on any atom is 0.307 e. The zero-order valence-electron chi connectivity index (χ0n) is 12.3. The van der Waals surface area contributed by atoms with Crippen LogP contribution in [0.4, 0.5) is 0 Å². The highest BCUT2D eigenvalue weighted by molar-refractivity contribution is 5.89. The van der Waals surface area contributed by atoms with Crippen molar-refractivity contribution in [2.45, 2.75) is 25.2 Å². The molecule has 2 aromatic carbocycles. The number of benzene rings is 2. The Kier molecular flexibility index (Phi) is 3.84. The molecule has 3 unspecified atom stereocenters. The van der Waals surface area contributed by atoms with Crippen LogP contribution in [0.5, 0.6) is 0 Å². The highest BCUT2D eigenvalue weighted by Gasteiger charge is 2.41. The number of nitrogens with two attached hydrogens (primary N) is 1. The van der Waals surface area contributed by atoms with Gasteiger partial charge in [-0.3, -0.25) is 10.2 Å². The molecule has 0 heterocycles. The molecule has 0 aliphatic heterocycles. The van der Waals surface area contributed by atoms with E-state index in [1.807, 2.05) is 42.5 Å². The van der Waals surface area contributed by atoms with E-state index in [1.165, 1.54) is 0 Å². The van der Waals surface area contributed by atoms with Gasteiger partial charge in [-0.15, -0.1) is 0 Å². The van der Waals surface area contributed by atoms with E-state index in [9.17, 15) is 9.90 Å². The molecule has 4 nitrogen and oxygen atoms in total. The van der Waals surface area contributed by atoms with Crippen LogP contribution in [-0.2, 0) is 4.79 Å². The van der Waals surface area contributed by atoms with E-state index >= 15 is 0 Å². The van der Waals surface area contributed by atoms with Crippen LogP contribution in [0.3, 0.4) is 0 Å². The average molecular weight is 296 g/mol. The predicted molar refractivity (Wildman–Crippen MR) is 87.1 cm³/mol. The minimum Gasteiger partial charge on any atom is -0.481 e. The lowest BCUT2D eigenvalue weighted by Gasteiger charge is -2.35. The van der Waals surface area contributed by atoms with Gasteiger partial charge in [0, 0.05) is 5.92 Å². The number of aliphatic carboxylic acids is 1. The maximum absolute atomic E-state index is 11.8. The van der Waals surface area contributed by atoms with Crippen LogP contribution >= 0.6 is 0 Å². The Labute approximate surface area is 129 Å². The summed E-state index contributed by atoms with van der Waals surface area (Å²) >= 11 is 0. The molecule has 1 saturated carbocycles. The topological polar surface area (TPSA) is 87.2 Å². The summed E-state index contributed by atoms with van der Waals surface area (Å²) in [5.74, 6) is -1.92. The van der Waals surface area contributed by atoms with Gasteiger partial charge in [0.15, 0.2) is 0 Å². The van der Waals surface area contributed by atoms with Crippen LogP contribution in [0.25, 0.3) is 10.8 Å². The zero-order valence-corrected chi connectivity index (χ0v) is 12.3. The number of carboxylic acids is 1. The van der Waals surface area contributed by atoms with Gasteiger partial charge in [0.1, 0.15) is 0 Å². The minimum atomic E-state index is -0.849. The molecule has 0 amide bonds. The number of carbonyl (C=O) groups is 1. The van der Waals surface area contributed by atoms with Crippen LogP contribution in [0.15, 0.2) is 42.5 Å². The summed E-state index contributed by atoms with van der Waals surface area (Å²) in [5.41, 5.74) is 6.73. The summed E-state index contributed by atoms with van der Waals surface area (Å²) in [5, 5.41) is 19.7. The number of hydrogen-bond acceptors (Lipinski definition) is 2. The molecule has 1 fully saturated rings. The van der Waals surface area contributed by atoms with E-state index in [1.54, 1.807) is 0 Å². The summed E-state index contributed by atoms with van der Waals surface area (Å²) < 4.78 is 0. The standard InChI is InChI=1S/C18H20N2O2/c19-17(20)15-10-4-9-14(16(15)18(21)22)13-8-3-6-11-5-1-2-7-12(11)13/h1-3,5-8,14-16H,4,9-10H2,(H3,19,20)(H,21,22). The lowest BCUT2D eigenvalue weighted by atomic mass is 9.68. The molecule has 114 valence electrons. The molecule has 3 rings (SSSR count). The number of rotatable bonds is 3. The van der Waals surface area contributed by atoms with Gasteiger partial charge in [-0.05, 0) is 35.1 Å². The van der Waals surface area contributed by atoms with Gasteiger partial charge in [-0.25, -0.2) is 0 Å². The first kappa shape index (κ1) is 14.6. The molecule has 22 heavy (non-hydrogen) atoms. The molecule has 3 atom stereocenters. The molecule has 0 saturated heterocycles. The summed E-state index contributed by atoms with van der Waals surface area (Å²) in [6.07, 6.45) is 2.42. The summed E-state index contributed by atoms with van der Waals surface area (Å²) in [6.45, 7) is 0. The van der Waals surface area contributed by atoms with Crippen LogP contribution in [0.2, 0.25) is 0 Å². The van der Waals surface area contributed by atoms with Gasteiger partial charge in [0.2, 0.25) is 0 Å². The zero-order chi connectivity index (χ0) is 15.7. The predicted octanol–water partition coefficient (Wildman–Crippen LogP) is 3.36. The second-order valence-corrected chi connectivity index (χ2v) is 6.03. The Balaban J connectivity index is 2.11. The number of fused-ring (bicyclic) bond motifs is 1. The van der Waals surface area contributed by atoms with E-state index in [2.05, 4.69) is 0 Å². The number of nitrogens with one attached hydrogen (secondary N) is 1. The van der Waals surface area contributed by atoms with Crippen molar-refractivity contribution in [3.8, 4) is 0 Å². The molecule has 0 aromatic heterocycles. The van der Waals surface area contributed by atoms with Crippen molar-refractivity contribution in [2.75, 3.05) is 0 Å². The third-order valence-electron chi connectivity index (χ3n) is 4.80. The Morgan fingerprint density at radius 3 is 2.59 bits per heavy atom. The minimum absolute atomic E-state index is 0.00247. The van der Waals surface area contributed by atoms with Crippen molar-refractivity contribution in [1.29, 1.82) is 5.41 Å². The van der Waals surface area contributed by atoms with Crippen molar-refractivity contribution in [3.63, 3.8) is 0 Å². The molecule has 2 aromatic rings. The molecule has 0 bridgehead atoms. The fourth-order valence-electron chi connectivity index (χ4n) is 3.81. The fraction of sp³-hybridized carbons (Fsp3) is 0.333. The monoisotopic (exact) mass is 296 g/mol.